The molecule has 1 saturated heterocycles. The van der Waals surface area contributed by atoms with Gasteiger partial charge in [-0.25, -0.2) is 6.54 Å². The van der Waals surface area contributed by atoms with Gasteiger partial charge in [0.2, 0.25) is 0 Å². The Balaban J connectivity index is 0.000000194. The molecule has 1 aliphatic heterocycles. The first-order valence-electron chi connectivity index (χ1n) is 9.07. The second-order valence-corrected chi connectivity index (χ2v) is 12.8. The number of rotatable bonds is 3. The van der Waals surface area contributed by atoms with Gasteiger partial charge in [-0.05, 0) is 38.4 Å². The van der Waals surface area contributed by atoms with E-state index in [0.29, 0.717) is 0 Å². The van der Waals surface area contributed by atoms with Gasteiger partial charge in [0.1, 0.15) is 0 Å². The van der Waals surface area contributed by atoms with Crippen LogP contribution >= 0.6 is 19.4 Å². The molecule has 27 heavy (non-hydrogen) atoms. The van der Waals surface area contributed by atoms with Gasteiger partial charge < -0.3 is 4.90 Å². The minimum absolute atomic E-state index is 1.12. The summed E-state index contributed by atoms with van der Waals surface area (Å²) in [4.78, 5) is 4.46. The zero-order valence-electron chi connectivity index (χ0n) is 16.7. The first-order chi connectivity index (χ1) is 12.8. The molecule has 2 nitrogen and oxygen atoms in total. The fourth-order valence-corrected chi connectivity index (χ4v) is 5.31. The van der Waals surface area contributed by atoms with Crippen molar-refractivity contribution in [3.05, 3.63) is 65.2 Å². The van der Waals surface area contributed by atoms with E-state index in [4.69, 9.17) is 19.4 Å². The number of anilines is 2. The van der Waals surface area contributed by atoms with E-state index >= 15 is 0 Å². The molecule has 0 bridgehead atoms. The molecule has 0 radical (unpaired) electrons. The van der Waals surface area contributed by atoms with Crippen LogP contribution in [0, 0.1) is 27.3 Å². The summed E-state index contributed by atoms with van der Waals surface area (Å²) in [5.41, 5.74) is 7.87. The van der Waals surface area contributed by atoms with Crippen LogP contribution in [0.3, 0.4) is 0 Å². The predicted octanol–water partition coefficient (Wildman–Crippen LogP) is 6.20. The predicted molar refractivity (Wildman–Crippen MR) is 119 cm³/mol. The van der Waals surface area contributed by atoms with Crippen molar-refractivity contribution < 1.29 is 13.5 Å². The third kappa shape index (κ3) is 6.59. The molecular weight excluding hydrogens is 464 g/mol. The zero-order chi connectivity index (χ0) is 20.0. The second-order valence-electron chi connectivity index (χ2n) is 7.03. The van der Waals surface area contributed by atoms with Gasteiger partial charge in [0, 0.05) is 5.69 Å². The van der Waals surface area contributed by atoms with Gasteiger partial charge in [-0.15, -0.1) is 0 Å². The maximum Gasteiger partial charge on any atom is 0.0130 e. The van der Waals surface area contributed by atoms with Gasteiger partial charge in [0.15, 0.2) is 0 Å². The van der Waals surface area contributed by atoms with Crippen LogP contribution in [0.4, 0.5) is 11.4 Å². The van der Waals surface area contributed by atoms with Crippen LogP contribution in [-0.2, 0) is 13.5 Å². The SMILES string of the molecule is CN(C)c1ccccc1[CH]=[Ru]([Cl])[Cl].Cc1cc(C)c(N2[CH-]CCC2)c(C)c1. The number of nitrogens with zero attached hydrogens (tertiary/aromatic N) is 2. The summed E-state index contributed by atoms with van der Waals surface area (Å²) in [5.74, 6) is 0. The normalized spacial score (nSPS) is 13.7. The Hall–Kier alpha value is -0.887. The number of benzene rings is 2. The summed E-state index contributed by atoms with van der Waals surface area (Å²) in [6.07, 6.45) is 2.53. The zero-order valence-corrected chi connectivity index (χ0v) is 20.0. The minimum atomic E-state index is -1.71. The standard InChI is InChI=1S/C13H18N.C9H11N.2ClH.Ru/c1-10-8-11(2)13(12(3)9-10)14-6-4-5-7-14;1-8-6-4-5-7-9(8)10(2)3;;;/h6,8-9H,4-5,7H2,1-3H3;1,4-7H,2-3H3;2*1H;/q-1;;;;+2/p-2. The van der Waals surface area contributed by atoms with Gasteiger partial charge >= 0.3 is 92.0 Å². The van der Waals surface area contributed by atoms with Crippen LogP contribution in [0.25, 0.3) is 0 Å². The number of hydrogen-bond donors (Lipinski definition) is 0. The summed E-state index contributed by atoms with van der Waals surface area (Å²) in [5, 5.41) is 0. The molecule has 0 N–H and O–H groups in total. The molecule has 0 aromatic heterocycles. The van der Waals surface area contributed by atoms with Crippen LogP contribution < -0.4 is 9.80 Å². The molecule has 1 heterocycles. The summed E-state index contributed by atoms with van der Waals surface area (Å²) in [6.45, 7) is 10.1. The Morgan fingerprint density at radius 1 is 1.07 bits per heavy atom. The minimum Gasteiger partial charge on any atom is -0.522 e. The molecule has 0 amide bonds. The van der Waals surface area contributed by atoms with Crippen molar-refractivity contribution in [3.8, 4) is 0 Å². The van der Waals surface area contributed by atoms with E-state index in [2.05, 4.69) is 55.3 Å². The van der Waals surface area contributed by atoms with Crippen LogP contribution in [0.15, 0.2) is 36.4 Å². The average Bonchev–Trinajstić information content (AvgIpc) is 3.08. The Morgan fingerprint density at radius 2 is 1.70 bits per heavy atom. The second kappa shape index (κ2) is 10.6. The van der Waals surface area contributed by atoms with Crippen molar-refractivity contribution in [2.24, 2.45) is 0 Å². The van der Waals surface area contributed by atoms with E-state index < -0.39 is 13.5 Å². The smallest absolute Gasteiger partial charge is 0.0130 e. The molecule has 3 rings (SSSR count). The Morgan fingerprint density at radius 3 is 2.22 bits per heavy atom. The van der Waals surface area contributed by atoms with Crippen molar-refractivity contribution >= 4 is 35.4 Å². The molecule has 0 saturated carbocycles. The molecule has 0 unspecified atom stereocenters. The van der Waals surface area contributed by atoms with Gasteiger partial charge in [0.25, 0.3) is 0 Å². The first-order valence-corrected chi connectivity index (χ1v) is 14.5. The molecule has 2 aromatic rings. The molecule has 0 aliphatic carbocycles. The van der Waals surface area contributed by atoms with Gasteiger partial charge in [-0.3, -0.25) is 0 Å². The topological polar surface area (TPSA) is 6.48 Å². The Kier molecular flexibility index (Phi) is 8.80. The van der Waals surface area contributed by atoms with Crippen LogP contribution in [0.5, 0.6) is 0 Å². The first kappa shape index (κ1) is 22.4. The molecule has 1 fully saturated rings. The number of halogens is 2. The maximum absolute atomic E-state index is 5.82. The molecule has 150 valence electrons. The van der Waals surface area contributed by atoms with E-state index in [1.54, 1.807) is 0 Å². The van der Waals surface area contributed by atoms with Crippen molar-refractivity contribution in [2.75, 3.05) is 30.4 Å². The Bertz CT molecular complexity index is 770. The van der Waals surface area contributed by atoms with E-state index in [1.807, 2.05) is 36.9 Å². The van der Waals surface area contributed by atoms with Crippen molar-refractivity contribution in [3.63, 3.8) is 0 Å². The van der Waals surface area contributed by atoms with Gasteiger partial charge in [-0.2, -0.15) is 6.42 Å². The molecular formula is C22H29Cl2N2Ru-. The number of hydrogen-bond acceptors (Lipinski definition) is 2. The summed E-state index contributed by atoms with van der Waals surface area (Å²) in [6, 6.07) is 12.6. The van der Waals surface area contributed by atoms with E-state index in [9.17, 15) is 0 Å². The fraction of sp³-hybridized carbons (Fsp3) is 0.364. The molecule has 2 aromatic carbocycles. The molecule has 0 atom stereocenters. The van der Waals surface area contributed by atoms with Crippen LogP contribution in [-0.4, -0.2) is 25.2 Å². The molecule has 0 spiro atoms. The average molecular weight is 493 g/mol. The third-order valence-electron chi connectivity index (χ3n) is 4.48. The number of para-hydroxylation sites is 1. The van der Waals surface area contributed by atoms with Crippen molar-refractivity contribution in [2.45, 2.75) is 33.6 Å². The molecule has 5 heteroatoms. The molecule has 1 aliphatic rings. The maximum atomic E-state index is 5.82. The van der Waals surface area contributed by atoms with Crippen LogP contribution in [0.2, 0.25) is 0 Å². The van der Waals surface area contributed by atoms with Crippen molar-refractivity contribution in [1.29, 1.82) is 0 Å². The van der Waals surface area contributed by atoms with E-state index in [1.165, 1.54) is 41.8 Å². The van der Waals surface area contributed by atoms with E-state index in [-0.39, 0.29) is 0 Å². The van der Waals surface area contributed by atoms with Gasteiger partial charge in [-0.1, -0.05) is 24.1 Å². The van der Waals surface area contributed by atoms with Gasteiger partial charge in [0.05, 0.1) is 0 Å². The summed E-state index contributed by atoms with van der Waals surface area (Å²) < 4.78 is 1.96. The van der Waals surface area contributed by atoms with Crippen LogP contribution in [0.1, 0.15) is 35.1 Å². The monoisotopic (exact) mass is 493 g/mol. The number of aryl methyl sites for hydroxylation is 3. The third-order valence-corrected chi connectivity index (χ3v) is 6.31. The summed E-state index contributed by atoms with van der Waals surface area (Å²) in [7, 11) is 15.7. The Labute approximate surface area is 177 Å². The fourth-order valence-electron chi connectivity index (χ4n) is 3.49. The quantitative estimate of drug-likeness (QED) is 0.371. The summed E-state index contributed by atoms with van der Waals surface area (Å²) >= 11 is -1.71. The van der Waals surface area contributed by atoms with Crippen molar-refractivity contribution in [1.82, 2.24) is 0 Å². The largest absolute Gasteiger partial charge is 0.522 e. The van der Waals surface area contributed by atoms with E-state index in [0.717, 1.165) is 11.3 Å².